The Morgan fingerprint density at radius 1 is 1.00 bits per heavy atom. The molecule has 0 aliphatic carbocycles. The van der Waals surface area contributed by atoms with Gasteiger partial charge in [-0.3, -0.25) is 5.41 Å². The monoisotopic (exact) mass is 493 g/mol. The zero-order valence-corrected chi connectivity index (χ0v) is 19.0. The molecule has 0 spiro atoms. The Kier molecular flexibility index (Phi) is 8.83. The van der Waals surface area contributed by atoms with E-state index in [1.807, 2.05) is 10.6 Å². The molecule has 1 aliphatic heterocycles. The summed E-state index contributed by atoms with van der Waals surface area (Å²) in [6, 6.07) is 14.9. The molecule has 2 aromatic carbocycles. The Morgan fingerprint density at radius 2 is 1.68 bits per heavy atom. The highest BCUT2D eigenvalue weighted by molar-refractivity contribution is 7.16. The second-order valence-corrected chi connectivity index (χ2v) is 8.29. The molecule has 170 valence electrons. The average molecular weight is 494 g/mol. The third-order valence-corrected chi connectivity index (χ3v) is 6.37. The van der Waals surface area contributed by atoms with Gasteiger partial charge >= 0.3 is 6.36 Å². The van der Waals surface area contributed by atoms with Crippen molar-refractivity contribution in [2.45, 2.75) is 31.7 Å². The van der Waals surface area contributed by atoms with E-state index in [1.165, 1.54) is 29.0 Å². The predicted molar refractivity (Wildman–Crippen MR) is 122 cm³/mol. The second-order valence-electron chi connectivity index (χ2n) is 7.26. The van der Waals surface area contributed by atoms with Crippen molar-refractivity contribution in [3.05, 3.63) is 58.9 Å². The van der Waals surface area contributed by atoms with Gasteiger partial charge in [0.05, 0.1) is 10.2 Å². The highest BCUT2D eigenvalue weighted by atomic mass is 35.5. The molecule has 31 heavy (non-hydrogen) atoms. The van der Waals surface area contributed by atoms with E-state index in [0.717, 1.165) is 38.0 Å². The number of fused-ring (bicyclic) bond motifs is 1. The number of thiazole rings is 1. The Balaban J connectivity index is 0.00000171. The van der Waals surface area contributed by atoms with Crippen molar-refractivity contribution in [1.82, 2.24) is 9.47 Å². The van der Waals surface area contributed by atoms with Crippen LogP contribution in [0.5, 0.6) is 5.75 Å². The molecule has 1 aromatic heterocycles. The standard InChI is InChI=1S/C21H22F3N3OS.2ClH/c22-21(23,24)28-17-6-7-18-19(14-17)29-20(25)27(18)13-12-26-10-8-16(9-11-26)15-4-2-1-3-5-15;;/h1-7,14,16,25H,8-13H2;2*1H. The van der Waals surface area contributed by atoms with Gasteiger partial charge in [-0.1, -0.05) is 41.7 Å². The van der Waals surface area contributed by atoms with Crippen LogP contribution in [0.1, 0.15) is 24.3 Å². The summed E-state index contributed by atoms with van der Waals surface area (Å²) in [5.41, 5.74) is 2.17. The molecule has 0 amide bonds. The number of halogens is 5. The van der Waals surface area contributed by atoms with Crippen LogP contribution >= 0.6 is 36.2 Å². The molecule has 4 rings (SSSR count). The van der Waals surface area contributed by atoms with Crippen molar-refractivity contribution in [2.24, 2.45) is 0 Å². The number of benzene rings is 2. The Labute approximate surface area is 195 Å². The largest absolute Gasteiger partial charge is 0.573 e. The quantitative estimate of drug-likeness (QED) is 0.487. The molecule has 2 heterocycles. The summed E-state index contributed by atoms with van der Waals surface area (Å²) in [5.74, 6) is 0.349. The van der Waals surface area contributed by atoms with Crippen LogP contribution in [0.3, 0.4) is 0 Å². The number of nitrogens with zero attached hydrogens (tertiary/aromatic N) is 2. The van der Waals surface area contributed by atoms with Crippen molar-refractivity contribution in [3.8, 4) is 5.75 Å². The van der Waals surface area contributed by atoms with Gasteiger partial charge in [-0.15, -0.1) is 38.0 Å². The van der Waals surface area contributed by atoms with E-state index in [1.54, 1.807) is 6.07 Å². The Bertz CT molecular complexity index is 1030. The SMILES string of the molecule is Cl.Cl.N=c1sc2cc(OC(F)(F)F)ccc2n1CCN1CCC(c2ccccc2)CC1. The number of hydrogen-bond acceptors (Lipinski definition) is 4. The molecule has 4 nitrogen and oxygen atoms in total. The van der Waals surface area contributed by atoms with E-state index in [0.29, 0.717) is 22.0 Å². The molecule has 10 heteroatoms. The van der Waals surface area contributed by atoms with E-state index >= 15 is 0 Å². The molecule has 3 aromatic rings. The molecule has 0 radical (unpaired) electrons. The zero-order valence-electron chi connectivity index (χ0n) is 16.6. The van der Waals surface area contributed by atoms with E-state index in [9.17, 15) is 13.2 Å². The highest BCUT2D eigenvalue weighted by Gasteiger charge is 2.31. The third kappa shape index (κ3) is 6.38. The summed E-state index contributed by atoms with van der Waals surface area (Å²) in [6.07, 6.45) is -2.48. The third-order valence-electron chi connectivity index (χ3n) is 5.41. The minimum atomic E-state index is -4.71. The topological polar surface area (TPSA) is 41.2 Å². The molecule has 0 unspecified atom stereocenters. The number of rotatable bonds is 5. The van der Waals surface area contributed by atoms with E-state index in [2.05, 4.69) is 33.9 Å². The van der Waals surface area contributed by atoms with Crippen LogP contribution in [-0.4, -0.2) is 35.5 Å². The fourth-order valence-corrected chi connectivity index (χ4v) is 4.91. The van der Waals surface area contributed by atoms with Gasteiger partial charge in [0.1, 0.15) is 5.75 Å². The summed E-state index contributed by atoms with van der Waals surface area (Å²) in [6.45, 7) is 3.50. The summed E-state index contributed by atoms with van der Waals surface area (Å²) in [4.78, 5) is 2.74. The normalized spacial score (nSPS) is 15.3. The fourth-order valence-electron chi connectivity index (χ4n) is 3.94. The first-order chi connectivity index (χ1) is 13.9. The summed E-state index contributed by atoms with van der Waals surface area (Å²) in [7, 11) is 0. The van der Waals surface area contributed by atoms with E-state index < -0.39 is 6.36 Å². The van der Waals surface area contributed by atoms with Gasteiger partial charge in [-0.2, -0.15) is 0 Å². The van der Waals surface area contributed by atoms with Crippen molar-refractivity contribution < 1.29 is 17.9 Å². The Hall–Kier alpha value is -1.74. The van der Waals surface area contributed by atoms with Crippen LogP contribution < -0.4 is 9.54 Å². The summed E-state index contributed by atoms with van der Waals surface area (Å²) in [5, 5.41) is 8.21. The van der Waals surface area contributed by atoms with Gasteiger partial charge in [0.25, 0.3) is 0 Å². The highest BCUT2D eigenvalue weighted by Crippen LogP contribution is 2.29. The lowest BCUT2D eigenvalue weighted by Gasteiger charge is -2.32. The maximum atomic E-state index is 12.4. The lowest BCUT2D eigenvalue weighted by atomic mass is 9.89. The average Bonchev–Trinajstić information content (AvgIpc) is 3.00. The summed E-state index contributed by atoms with van der Waals surface area (Å²) < 4.78 is 43.7. The first-order valence-electron chi connectivity index (χ1n) is 9.60. The number of nitrogens with one attached hydrogen (secondary N) is 1. The number of likely N-dealkylation sites (tertiary alicyclic amines) is 1. The van der Waals surface area contributed by atoms with Crippen LogP contribution in [0.15, 0.2) is 48.5 Å². The molecule has 0 bridgehead atoms. The van der Waals surface area contributed by atoms with E-state index in [4.69, 9.17) is 5.41 Å². The van der Waals surface area contributed by atoms with Gasteiger partial charge < -0.3 is 14.2 Å². The summed E-state index contributed by atoms with van der Waals surface area (Å²) >= 11 is 1.17. The minimum absolute atomic E-state index is 0. The molecule has 1 fully saturated rings. The van der Waals surface area contributed by atoms with Gasteiger partial charge in [-0.25, -0.2) is 0 Å². The predicted octanol–water partition coefficient (Wildman–Crippen LogP) is 5.80. The number of piperidine rings is 1. The maximum Gasteiger partial charge on any atom is 0.573 e. The van der Waals surface area contributed by atoms with Gasteiger partial charge in [0.2, 0.25) is 0 Å². The first-order valence-corrected chi connectivity index (χ1v) is 10.4. The van der Waals surface area contributed by atoms with Crippen LogP contribution in [0.2, 0.25) is 0 Å². The van der Waals surface area contributed by atoms with E-state index in [-0.39, 0.29) is 30.6 Å². The van der Waals surface area contributed by atoms with Crippen LogP contribution in [-0.2, 0) is 6.54 Å². The van der Waals surface area contributed by atoms with Crippen molar-refractivity contribution in [3.63, 3.8) is 0 Å². The van der Waals surface area contributed by atoms with Crippen molar-refractivity contribution in [1.29, 1.82) is 5.41 Å². The lowest BCUT2D eigenvalue weighted by Crippen LogP contribution is -2.36. The number of aromatic nitrogens is 1. The molecule has 0 saturated carbocycles. The molecular weight excluding hydrogens is 470 g/mol. The fraction of sp³-hybridized carbons (Fsp3) is 0.381. The minimum Gasteiger partial charge on any atom is -0.406 e. The van der Waals surface area contributed by atoms with Crippen LogP contribution in [0.25, 0.3) is 10.2 Å². The maximum absolute atomic E-state index is 12.4. The smallest absolute Gasteiger partial charge is 0.406 e. The lowest BCUT2D eigenvalue weighted by molar-refractivity contribution is -0.274. The van der Waals surface area contributed by atoms with Crippen molar-refractivity contribution in [2.75, 3.05) is 19.6 Å². The number of alkyl halides is 3. The molecule has 0 atom stereocenters. The second kappa shape index (κ2) is 10.7. The van der Waals surface area contributed by atoms with Gasteiger partial charge in [0, 0.05) is 13.1 Å². The van der Waals surface area contributed by atoms with Crippen LogP contribution in [0.4, 0.5) is 13.2 Å². The zero-order chi connectivity index (χ0) is 20.4. The first kappa shape index (κ1) is 25.5. The van der Waals surface area contributed by atoms with Crippen LogP contribution in [0, 0.1) is 5.41 Å². The molecular formula is C21H24Cl2F3N3OS. The number of ether oxygens (including phenoxy) is 1. The Morgan fingerprint density at radius 3 is 2.32 bits per heavy atom. The van der Waals surface area contributed by atoms with Gasteiger partial charge in [-0.05, 0) is 55.6 Å². The van der Waals surface area contributed by atoms with Crippen molar-refractivity contribution >= 4 is 46.4 Å². The molecule has 1 saturated heterocycles. The molecule has 1 N–H and O–H groups in total. The number of hydrogen-bond donors (Lipinski definition) is 1. The van der Waals surface area contributed by atoms with Gasteiger partial charge in [0.15, 0.2) is 4.80 Å². The molecule has 1 aliphatic rings.